The number of fused-ring (bicyclic) bond motifs is 1. The van der Waals surface area contributed by atoms with Gasteiger partial charge in [-0.1, -0.05) is 24.3 Å². The molecule has 1 fully saturated rings. The Morgan fingerprint density at radius 1 is 1.03 bits per heavy atom. The number of hydrogen-bond acceptors (Lipinski definition) is 3. The minimum Gasteiger partial charge on any atom is -0.398 e. The molecule has 0 bridgehead atoms. The summed E-state index contributed by atoms with van der Waals surface area (Å²) >= 11 is 0. The number of ether oxygens (including phenoxy) is 1. The van der Waals surface area contributed by atoms with Crippen molar-refractivity contribution in [3.8, 4) is 16.8 Å². The average molecular weight is 510 g/mol. The van der Waals surface area contributed by atoms with Gasteiger partial charge in [0.2, 0.25) is 0 Å². The number of nitrogens with two attached hydrogens (primary N) is 1. The molecule has 5 rings (SSSR count). The van der Waals surface area contributed by atoms with Gasteiger partial charge in [-0.3, -0.25) is 0 Å². The zero-order chi connectivity index (χ0) is 26.3. The van der Waals surface area contributed by atoms with Gasteiger partial charge in [-0.05, 0) is 67.3 Å². The van der Waals surface area contributed by atoms with Crippen molar-refractivity contribution in [2.75, 3.05) is 18.9 Å². The number of alkyl halides is 3. The van der Waals surface area contributed by atoms with Crippen LogP contribution in [0.1, 0.15) is 48.4 Å². The molecular formula is C29H27F4N3O. The fourth-order valence-electron chi connectivity index (χ4n) is 5.17. The smallest absolute Gasteiger partial charge is 0.395 e. The molecular weight excluding hydrogens is 482 g/mol. The number of anilines is 1. The number of nitrogen functional groups attached to an aromatic ring is 1. The van der Waals surface area contributed by atoms with Gasteiger partial charge in [-0.2, -0.15) is 13.2 Å². The number of nitrogens with zero attached hydrogens (tertiary/aromatic N) is 1. The van der Waals surface area contributed by atoms with Gasteiger partial charge >= 0.3 is 6.18 Å². The molecule has 1 aromatic heterocycles. The Balaban J connectivity index is 1.81. The molecule has 1 aliphatic heterocycles. The topological polar surface area (TPSA) is 64.0 Å². The number of aromatic nitrogens is 1. The molecule has 4 nitrogen and oxygen atoms in total. The highest BCUT2D eigenvalue weighted by Crippen LogP contribution is 2.45. The zero-order valence-electron chi connectivity index (χ0n) is 20.3. The summed E-state index contributed by atoms with van der Waals surface area (Å²) < 4.78 is 61.5. The number of benzene rings is 3. The molecule has 0 radical (unpaired) electrons. The van der Waals surface area contributed by atoms with Crippen molar-refractivity contribution in [2.45, 2.75) is 37.8 Å². The number of halogens is 4. The van der Waals surface area contributed by atoms with Crippen molar-refractivity contribution in [2.24, 2.45) is 0 Å². The summed E-state index contributed by atoms with van der Waals surface area (Å²) in [6, 6.07) is 16.4. The third-order valence-corrected chi connectivity index (χ3v) is 7.25. The van der Waals surface area contributed by atoms with Crippen LogP contribution in [0.3, 0.4) is 0 Å². The van der Waals surface area contributed by atoms with Gasteiger partial charge in [-0.15, -0.1) is 0 Å². The van der Waals surface area contributed by atoms with Crippen LogP contribution in [0, 0.1) is 11.2 Å². The van der Waals surface area contributed by atoms with Crippen LogP contribution in [0.5, 0.6) is 0 Å². The Labute approximate surface area is 212 Å². The summed E-state index contributed by atoms with van der Waals surface area (Å²) in [4.78, 5) is 0. The highest BCUT2D eigenvalue weighted by Gasteiger charge is 2.37. The largest absolute Gasteiger partial charge is 0.398 e. The minimum absolute atomic E-state index is 0.0969. The molecule has 3 N–H and O–H groups in total. The second-order valence-electron chi connectivity index (χ2n) is 9.49. The molecule has 1 atom stereocenters. The first-order valence-electron chi connectivity index (χ1n) is 12.2. The first-order chi connectivity index (χ1) is 17.7. The molecule has 3 aromatic carbocycles. The predicted molar refractivity (Wildman–Crippen MR) is 138 cm³/mol. The molecule has 1 unspecified atom stereocenters. The van der Waals surface area contributed by atoms with E-state index in [0.29, 0.717) is 24.5 Å². The summed E-state index contributed by atoms with van der Waals surface area (Å²) in [5.41, 5.74) is 11.6. The van der Waals surface area contributed by atoms with E-state index in [9.17, 15) is 17.6 Å². The lowest BCUT2D eigenvalue weighted by Crippen LogP contribution is -2.18. The molecule has 4 aromatic rings. The molecule has 0 saturated carbocycles. The van der Waals surface area contributed by atoms with E-state index in [1.54, 1.807) is 24.3 Å². The van der Waals surface area contributed by atoms with E-state index in [1.807, 2.05) is 12.1 Å². The molecule has 0 amide bonds. The number of nitrogens with one attached hydrogen (secondary N) is 1. The molecule has 1 saturated heterocycles. The maximum absolute atomic E-state index is 13.8. The second kappa shape index (κ2) is 9.67. The van der Waals surface area contributed by atoms with Gasteiger partial charge in [-0.25, -0.2) is 4.39 Å². The Bertz CT molecular complexity index is 1430. The fraction of sp³-hybridized carbons (Fsp3) is 0.276. The molecule has 0 aliphatic carbocycles. The van der Waals surface area contributed by atoms with Crippen molar-refractivity contribution >= 4 is 22.8 Å². The van der Waals surface area contributed by atoms with Crippen molar-refractivity contribution in [3.63, 3.8) is 0 Å². The highest BCUT2D eigenvalue weighted by molar-refractivity contribution is 6.04. The molecule has 8 heteroatoms. The van der Waals surface area contributed by atoms with Gasteiger partial charge in [0.1, 0.15) is 5.82 Å². The van der Waals surface area contributed by atoms with E-state index in [1.165, 1.54) is 30.5 Å². The zero-order valence-corrected chi connectivity index (χ0v) is 20.3. The monoisotopic (exact) mass is 509 g/mol. The number of hydrogen-bond donors (Lipinski definition) is 2. The first kappa shape index (κ1) is 25.0. The van der Waals surface area contributed by atoms with Crippen LogP contribution in [0.4, 0.5) is 23.2 Å². The average Bonchev–Trinajstić information content (AvgIpc) is 3.22. The summed E-state index contributed by atoms with van der Waals surface area (Å²) in [6.45, 7) is 2.33. The molecule has 192 valence electrons. The molecule has 37 heavy (non-hydrogen) atoms. The van der Waals surface area contributed by atoms with Crippen LogP contribution in [0.2, 0.25) is 0 Å². The Morgan fingerprint density at radius 2 is 1.68 bits per heavy atom. The SMILES string of the molecule is CC(c1ccc(-c2c(C3CCOCC3)n(-c3ccc(F)cc3)c3cc(C=N)c(N)cc23)cc1)C(F)(F)F. The van der Waals surface area contributed by atoms with E-state index in [2.05, 4.69) is 4.57 Å². The molecule has 2 heterocycles. The Hall–Kier alpha value is -3.65. The van der Waals surface area contributed by atoms with E-state index < -0.39 is 12.1 Å². The van der Waals surface area contributed by atoms with E-state index in [4.69, 9.17) is 15.9 Å². The van der Waals surface area contributed by atoms with Gasteiger partial charge in [0.05, 0.1) is 11.4 Å². The van der Waals surface area contributed by atoms with Gasteiger partial charge in [0, 0.05) is 58.9 Å². The van der Waals surface area contributed by atoms with E-state index >= 15 is 0 Å². The molecule has 0 spiro atoms. The normalized spacial score (nSPS) is 15.7. The van der Waals surface area contributed by atoms with Crippen LogP contribution in [0.25, 0.3) is 27.7 Å². The van der Waals surface area contributed by atoms with Crippen LogP contribution in [-0.4, -0.2) is 30.2 Å². The second-order valence-corrected chi connectivity index (χ2v) is 9.49. The van der Waals surface area contributed by atoms with Crippen LogP contribution >= 0.6 is 0 Å². The Kier molecular flexibility index (Phi) is 6.54. The van der Waals surface area contributed by atoms with Crippen LogP contribution in [-0.2, 0) is 4.74 Å². The van der Waals surface area contributed by atoms with Crippen molar-refractivity contribution in [1.29, 1.82) is 5.41 Å². The van der Waals surface area contributed by atoms with E-state index in [0.717, 1.165) is 53.2 Å². The molecule has 1 aliphatic rings. The van der Waals surface area contributed by atoms with Crippen molar-refractivity contribution in [3.05, 3.63) is 83.3 Å². The Morgan fingerprint density at radius 3 is 2.27 bits per heavy atom. The van der Waals surface area contributed by atoms with Crippen LogP contribution in [0.15, 0.2) is 60.7 Å². The maximum atomic E-state index is 13.8. The number of rotatable bonds is 5. The third kappa shape index (κ3) is 4.62. The maximum Gasteiger partial charge on any atom is 0.395 e. The first-order valence-corrected chi connectivity index (χ1v) is 12.2. The summed E-state index contributed by atoms with van der Waals surface area (Å²) in [7, 11) is 0. The van der Waals surface area contributed by atoms with E-state index in [-0.39, 0.29) is 17.3 Å². The summed E-state index contributed by atoms with van der Waals surface area (Å²) in [5.74, 6) is -1.84. The predicted octanol–water partition coefficient (Wildman–Crippen LogP) is 7.58. The van der Waals surface area contributed by atoms with Gasteiger partial charge < -0.3 is 20.4 Å². The quantitative estimate of drug-likeness (QED) is 0.166. The summed E-state index contributed by atoms with van der Waals surface area (Å²) in [5, 5.41) is 8.65. The standard InChI is InChI=1S/C29H27F4N3O/c1-17(29(31,32)33)18-2-4-19(5-3-18)27-24-15-25(35)21(16-34)14-26(24)36(23-8-6-22(30)7-9-23)28(27)20-10-12-37-13-11-20/h2-9,14-17,20,34H,10-13,35H2,1H3. The highest BCUT2D eigenvalue weighted by atomic mass is 19.4. The van der Waals surface area contributed by atoms with Crippen molar-refractivity contribution in [1.82, 2.24) is 4.57 Å². The fourth-order valence-corrected chi connectivity index (χ4v) is 5.17. The lowest BCUT2D eigenvalue weighted by atomic mass is 9.89. The van der Waals surface area contributed by atoms with Gasteiger partial charge in [0.25, 0.3) is 0 Å². The minimum atomic E-state index is -4.33. The third-order valence-electron chi connectivity index (χ3n) is 7.25. The summed E-state index contributed by atoms with van der Waals surface area (Å²) in [6.07, 6.45) is -1.61. The lowest BCUT2D eigenvalue weighted by molar-refractivity contribution is -0.146. The van der Waals surface area contributed by atoms with Crippen molar-refractivity contribution < 1.29 is 22.3 Å². The van der Waals surface area contributed by atoms with Crippen LogP contribution < -0.4 is 5.73 Å². The lowest BCUT2D eigenvalue weighted by Gasteiger charge is -2.26. The van der Waals surface area contributed by atoms with Gasteiger partial charge in [0.15, 0.2) is 0 Å².